The summed E-state index contributed by atoms with van der Waals surface area (Å²) in [4.78, 5) is 11.1. The van der Waals surface area contributed by atoms with E-state index in [1.54, 1.807) is 7.05 Å². The highest BCUT2D eigenvalue weighted by molar-refractivity contribution is 14.0. The first-order chi connectivity index (χ1) is 9.98. The molecule has 0 amide bonds. The summed E-state index contributed by atoms with van der Waals surface area (Å²) < 4.78 is 0. The van der Waals surface area contributed by atoms with Crippen molar-refractivity contribution in [2.75, 3.05) is 25.0 Å². The van der Waals surface area contributed by atoms with E-state index in [-0.39, 0.29) is 29.5 Å². The van der Waals surface area contributed by atoms with Gasteiger partial charge in [0.15, 0.2) is 5.96 Å². The van der Waals surface area contributed by atoms with Crippen LogP contribution < -0.4 is 15.5 Å². The maximum absolute atomic E-state index is 4.56. The van der Waals surface area contributed by atoms with Gasteiger partial charge in [0.2, 0.25) is 0 Å². The van der Waals surface area contributed by atoms with Crippen molar-refractivity contribution in [1.82, 2.24) is 15.6 Å². The average molecular weight is 417 g/mol. The normalized spacial score (nSPS) is 15.5. The highest BCUT2D eigenvalue weighted by atomic mass is 127. The molecule has 0 atom stereocenters. The van der Waals surface area contributed by atoms with Crippen molar-refractivity contribution in [3.63, 3.8) is 0 Å². The smallest absolute Gasteiger partial charge is 0.191 e. The summed E-state index contributed by atoms with van der Waals surface area (Å²) in [6, 6.07) is 4.25. The number of rotatable bonds is 3. The number of aliphatic imine (C=N–C) groups is 1. The SMILES string of the molecule is CN=C(NCc1ccc(N2CCCC2)nc1)NC(C)(C)C.I. The molecule has 0 aromatic carbocycles. The molecule has 1 saturated heterocycles. The summed E-state index contributed by atoms with van der Waals surface area (Å²) in [7, 11) is 1.79. The number of hydrogen-bond donors (Lipinski definition) is 2. The summed E-state index contributed by atoms with van der Waals surface area (Å²) in [6.07, 6.45) is 4.50. The number of nitrogens with one attached hydrogen (secondary N) is 2. The van der Waals surface area contributed by atoms with Crippen molar-refractivity contribution in [2.24, 2.45) is 4.99 Å². The third-order valence-electron chi connectivity index (χ3n) is 3.42. The van der Waals surface area contributed by atoms with Crippen LogP contribution in [0.2, 0.25) is 0 Å². The van der Waals surface area contributed by atoms with Gasteiger partial charge < -0.3 is 15.5 Å². The molecule has 1 aromatic heterocycles. The first-order valence-corrected chi connectivity index (χ1v) is 7.67. The number of guanidine groups is 1. The maximum Gasteiger partial charge on any atom is 0.191 e. The van der Waals surface area contributed by atoms with E-state index in [0.717, 1.165) is 37.0 Å². The molecular formula is C16H28IN5. The van der Waals surface area contributed by atoms with Crippen LogP contribution in [0.4, 0.5) is 5.82 Å². The van der Waals surface area contributed by atoms with Gasteiger partial charge in [-0.15, -0.1) is 24.0 Å². The van der Waals surface area contributed by atoms with Crippen molar-refractivity contribution in [3.8, 4) is 0 Å². The minimum absolute atomic E-state index is 0. The van der Waals surface area contributed by atoms with E-state index in [0.29, 0.717) is 0 Å². The molecule has 22 heavy (non-hydrogen) atoms. The standard InChI is InChI=1S/C16H27N5.HI/c1-16(2,3)20-15(17-4)19-12-13-7-8-14(18-11-13)21-9-5-6-10-21;/h7-8,11H,5-6,9-10,12H2,1-4H3,(H2,17,19,20);1H. The predicted octanol–water partition coefficient (Wildman–Crippen LogP) is 2.76. The molecule has 2 N–H and O–H groups in total. The van der Waals surface area contributed by atoms with E-state index in [2.05, 4.69) is 58.4 Å². The zero-order valence-electron chi connectivity index (χ0n) is 14.0. The summed E-state index contributed by atoms with van der Waals surface area (Å²) >= 11 is 0. The van der Waals surface area contributed by atoms with E-state index in [1.165, 1.54) is 12.8 Å². The van der Waals surface area contributed by atoms with Crippen molar-refractivity contribution < 1.29 is 0 Å². The molecule has 0 bridgehead atoms. The van der Waals surface area contributed by atoms with Gasteiger partial charge in [-0.3, -0.25) is 4.99 Å². The van der Waals surface area contributed by atoms with E-state index >= 15 is 0 Å². The number of anilines is 1. The molecule has 1 aliphatic rings. The molecule has 1 fully saturated rings. The lowest BCUT2D eigenvalue weighted by molar-refractivity contribution is 0.501. The van der Waals surface area contributed by atoms with Crippen molar-refractivity contribution in [2.45, 2.75) is 45.7 Å². The molecule has 0 saturated carbocycles. The van der Waals surface area contributed by atoms with Gasteiger partial charge in [0.1, 0.15) is 5.82 Å². The van der Waals surface area contributed by atoms with Gasteiger partial charge in [0.25, 0.3) is 0 Å². The van der Waals surface area contributed by atoms with Gasteiger partial charge in [0.05, 0.1) is 0 Å². The molecule has 124 valence electrons. The fourth-order valence-electron chi connectivity index (χ4n) is 2.37. The lowest BCUT2D eigenvalue weighted by Crippen LogP contribution is -2.47. The van der Waals surface area contributed by atoms with Crippen molar-refractivity contribution in [1.29, 1.82) is 0 Å². The Morgan fingerprint density at radius 3 is 2.45 bits per heavy atom. The second kappa shape index (κ2) is 8.55. The minimum Gasteiger partial charge on any atom is -0.357 e. The van der Waals surface area contributed by atoms with Crippen LogP contribution in [0.1, 0.15) is 39.2 Å². The lowest BCUT2D eigenvalue weighted by atomic mass is 10.1. The summed E-state index contributed by atoms with van der Waals surface area (Å²) in [5.41, 5.74) is 1.16. The Kier molecular flexibility index (Phi) is 7.38. The molecule has 5 nitrogen and oxygen atoms in total. The molecule has 0 spiro atoms. The van der Waals surface area contributed by atoms with Crippen LogP contribution in [-0.2, 0) is 6.54 Å². The first kappa shape index (κ1) is 19.0. The monoisotopic (exact) mass is 417 g/mol. The molecular weight excluding hydrogens is 389 g/mol. The Morgan fingerprint density at radius 2 is 1.95 bits per heavy atom. The predicted molar refractivity (Wildman–Crippen MR) is 104 cm³/mol. The third kappa shape index (κ3) is 5.98. The van der Waals surface area contributed by atoms with E-state index in [4.69, 9.17) is 0 Å². The second-order valence-electron chi connectivity index (χ2n) is 6.52. The Labute approximate surface area is 151 Å². The average Bonchev–Trinajstić information content (AvgIpc) is 2.97. The van der Waals surface area contributed by atoms with Crippen LogP contribution in [0, 0.1) is 0 Å². The van der Waals surface area contributed by atoms with Crippen LogP contribution in [-0.4, -0.2) is 36.6 Å². The van der Waals surface area contributed by atoms with Gasteiger partial charge in [-0.2, -0.15) is 0 Å². The highest BCUT2D eigenvalue weighted by Gasteiger charge is 2.13. The molecule has 6 heteroatoms. The third-order valence-corrected chi connectivity index (χ3v) is 3.42. The molecule has 2 heterocycles. The molecule has 1 aliphatic heterocycles. The quantitative estimate of drug-likeness (QED) is 0.451. The second-order valence-corrected chi connectivity index (χ2v) is 6.52. The van der Waals surface area contributed by atoms with E-state index < -0.39 is 0 Å². The summed E-state index contributed by atoms with van der Waals surface area (Å²) in [5.74, 6) is 1.90. The van der Waals surface area contributed by atoms with Crippen molar-refractivity contribution in [3.05, 3.63) is 23.9 Å². The molecule has 1 aromatic rings. The number of hydrogen-bond acceptors (Lipinski definition) is 3. The molecule has 0 aliphatic carbocycles. The van der Waals surface area contributed by atoms with Crippen molar-refractivity contribution >= 4 is 35.8 Å². The number of aromatic nitrogens is 1. The van der Waals surface area contributed by atoms with Crippen LogP contribution in [0.3, 0.4) is 0 Å². The Morgan fingerprint density at radius 1 is 1.27 bits per heavy atom. The summed E-state index contributed by atoms with van der Waals surface area (Å²) in [5, 5.41) is 6.66. The topological polar surface area (TPSA) is 52.6 Å². The Bertz CT molecular complexity index is 472. The largest absolute Gasteiger partial charge is 0.357 e. The maximum atomic E-state index is 4.56. The van der Waals surface area contributed by atoms with Crippen LogP contribution in [0.15, 0.2) is 23.3 Å². The zero-order valence-corrected chi connectivity index (χ0v) is 16.3. The van der Waals surface area contributed by atoms with Gasteiger partial charge in [0, 0.05) is 38.4 Å². The summed E-state index contributed by atoms with van der Waals surface area (Å²) in [6.45, 7) is 9.34. The van der Waals surface area contributed by atoms with Crippen LogP contribution in [0.5, 0.6) is 0 Å². The Balaban J connectivity index is 0.00000242. The van der Waals surface area contributed by atoms with Gasteiger partial charge >= 0.3 is 0 Å². The Hall–Kier alpha value is -1.05. The zero-order chi connectivity index (χ0) is 15.3. The fourth-order valence-corrected chi connectivity index (χ4v) is 2.37. The minimum atomic E-state index is -0.000294. The lowest BCUT2D eigenvalue weighted by Gasteiger charge is -2.23. The van der Waals surface area contributed by atoms with Crippen LogP contribution in [0.25, 0.3) is 0 Å². The van der Waals surface area contributed by atoms with Gasteiger partial charge in [-0.05, 0) is 45.2 Å². The van der Waals surface area contributed by atoms with Crippen LogP contribution >= 0.6 is 24.0 Å². The van der Waals surface area contributed by atoms with E-state index in [1.807, 2.05) is 6.20 Å². The number of pyridine rings is 1. The van der Waals surface area contributed by atoms with Gasteiger partial charge in [-0.25, -0.2) is 4.98 Å². The number of nitrogens with zero attached hydrogens (tertiary/aromatic N) is 3. The first-order valence-electron chi connectivity index (χ1n) is 7.67. The van der Waals surface area contributed by atoms with E-state index in [9.17, 15) is 0 Å². The van der Waals surface area contributed by atoms with Gasteiger partial charge in [-0.1, -0.05) is 6.07 Å². The number of halogens is 1. The highest BCUT2D eigenvalue weighted by Crippen LogP contribution is 2.17. The molecule has 0 radical (unpaired) electrons. The molecule has 0 unspecified atom stereocenters. The molecule has 2 rings (SSSR count). The fraction of sp³-hybridized carbons (Fsp3) is 0.625.